The van der Waals surface area contributed by atoms with Crippen molar-refractivity contribution in [1.29, 1.82) is 0 Å². The van der Waals surface area contributed by atoms with E-state index in [0.717, 1.165) is 5.82 Å². The molecule has 0 aromatic carbocycles. The van der Waals surface area contributed by atoms with Crippen molar-refractivity contribution in [1.82, 2.24) is 9.97 Å². The van der Waals surface area contributed by atoms with E-state index in [0.29, 0.717) is 12.3 Å². The molecule has 0 aliphatic heterocycles. The number of carboxylic acids is 1. The number of hydrogen-bond donors (Lipinski definition) is 2. The third kappa shape index (κ3) is 1.95. The number of carboxylic acid groups (broad SMARTS) is 1. The lowest BCUT2D eigenvalue weighted by Gasteiger charge is -2.23. The third-order valence-corrected chi connectivity index (χ3v) is 2.77. The summed E-state index contributed by atoms with van der Waals surface area (Å²) in [4.78, 5) is 17.7. The summed E-state index contributed by atoms with van der Waals surface area (Å²) in [6, 6.07) is 0. The number of aromatic amines is 1. The molecule has 4 nitrogen and oxygen atoms in total. The van der Waals surface area contributed by atoms with Gasteiger partial charge in [-0.2, -0.15) is 0 Å². The largest absolute Gasteiger partial charge is 0.481 e. The molecule has 2 N–H and O–H groups in total. The number of rotatable bonds is 4. The molecule has 4 heteroatoms. The number of aromatic nitrogens is 2. The summed E-state index contributed by atoms with van der Waals surface area (Å²) in [5, 5.41) is 8.51. The zero-order valence-electron chi connectivity index (χ0n) is 7.99. The Morgan fingerprint density at radius 3 is 3.00 bits per heavy atom. The molecule has 0 atom stereocenters. The maximum atomic E-state index is 10.3. The first kappa shape index (κ1) is 9.24. The predicted molar refractivity (Wildman–Crippen MR) is 51.1 cm³/mol. The van der Waals surface area contributed by atoms with E-state index in [1.54, 1.807) is 0 Å². The van der Waals surface area contributed by atoms with Crippen LogP contribution in [0.15, 0.2) is 6.20 Å². The molecule has 1 heterocycles. The Morgan fingerprint density at radius 2 is 2.43 bits per heavy atom. The lowest BCUT2D eigenvalue weighted by molar-refractivity contribution is -0.137. The fourth-order valence-corrected chi connectivity index (χ4v) is 1.66. The zero-order chi connectivity index (χ0) is 9.97. The first-order valence-electron chi connectivity index (χ1n) is 5.01. The lowest BCUT2D eigenvalue weighted by atomic mass is 9.83. The molecule has 0 unspecified atom stereocenters. The van der Waals surface area contributed by atoms with Gasteiger partial charge in [-0.05, 0) is 12.8 Å². The number of aliphatic carboxylic acids is 1. The van der Waals surface area contributed by atoms with E-state index in [4.69, 9.17) is 5.11 Å². The summed E-state index contributed by atoms with van der Waals surface area (Å²) in [7, 11) is 0. The Hall–Kier alpha value is -1.32. The fraction of sp³-hybridized carbons (Fsp3) is 0.600. The second-order valence-corrected chi connectivity index (χ2v) is 3.81. The van der Waals surface area contributed by atoms with Gasteiger partial charge in [0.2, 0.25) is 0 Å². The van der Waals surface area contributed by atoms with Crippen LogP contribution in [0.25, 0.3) is 0 Å². The van der Waals surface area contributed by atoms with Crippen LogP contribution >= 0.6 is 0 Å². The molecule has 2 rings (SSSR count). The van der Waals surface area contributed by atoms with Crippen LogP contribution < -0.4 is 0 Å². The van der Waals surface area contributed by atoms with Gasteiger partial charge in [0, 0.05) is 24.2 Å². The van der Waals surface area contributed by atoms with Gasteiger partial charge < -0.3 is 10.1 Å². The summed E-state index contributed by atoms with van der Waals surface area (Å²) in [6.07, 6.45) is 6.27. The predicted octanol–water partition coefficient (Wildman–Crippen LogP) is 1.69. The molecule has 0 amide bonds. The minimum absolute atomic E-state index is 0.150. The Kier molecular flexibility index (Phi) is 2.52. The van der Waals surface area contributed by atoms with E-state index in [2.05, 4.69) is 9.97 Å². The normalized spacial score (nSPS) is 16.6. The van der Waals surface area contributed by atoms with Gasteiger partial charge >= 0.3 is 5.97 Å². The summed E-state index contributed by atoms with van der Waals surface area (Å²) < 4.78 is 0. The van der Waals surface area contributed by atoms with Crippen molar-refractivity contribution >= 4 is 5.97 Å². The number of hydrogen-bond acceptors (Lipinski definition) is 2. The molecule has 1 aromatic heterocycles. The van der Waals surface area contributed by atoms with Crippen LogP contribution in [-0.4, -0.2) is 21.0 Å². The van der Waals surface area contributed by atoms with Crippen LogP contribution in [0.4, 0.5) is 0 Å². The molecular formula is C10H14N2O2. The average Bonchev–Trinajstić information content (AvgIpc) is 2.46. The standard InChI is InChI=1S/C10H14N2O2/c13-10(14)5-4-9-11-6-8(12-9)7-2-1-3-7/h6-7H,1-5H2,(H,11,12)(H,13,14). The van der Waals surface area contributed by atoms with Gasteiger partial charge in [0.1, 0.15) is 5.82 Å². The van der Waals surface area contributed by atoms with Crippen LogP contribution in [0.1, 0.15) is 43.1 Å². The average molecular weight is 194 g/mol. The number of aryl methyl sites for hydroxylation is 1. The summed E-state index contributed by atoms with van der Waals surface area (Å²) in [5.41, 5.74) is 1.18. The molecule has 0 spiro atoms. The van der Waals surface area contributed by atoms with Crippen LogP contribution in [-0.2, 0) is 11.2 Å². The molecule has 1 saturated carbocycles. The quantitative estimate of drug-likeness (QED) is 0.766. The van der Waals surface area contributed by atoms with Crippen LogP contribution in [0.5, 0.6) is 0 Å². The van der Waals surface area contributed by atoms with Crippen molar-refractivity contribution in [3.8, 4) is 0 Å². The molecule has 0 bridgehead atoms. The van der Waals surface area contributed by atoms with Gasteiger partial charge in [0.25, 0.3) is 0 Å². The SMILES string of the molecule is O=C(O)CCc1ncc(C2CCC2)[nH]1. The van der Waals surface area contributed by atoms with E-state index in [9.17, 15) is 4.79 Å². The van der Waals surface area contributed by atoms with Gasteiger partial charge in [-0.3, -0.25) is 4.79 Å². The van der Waals surface area contributed by atoms with Gasteiger partial charge in [-0.25, -0.2) is 4.98 Å². The smallest absolute Gasteiger partial charge is 0.303 e. The van der Waals surface area contributed by atoms with E-state index in [-0.39, 0.29) is 6.42 Å². The van der Waals surface area contributed by atoms with Gasteiger partial charge in [-0.1, -0.05) is 6.42 Å². The number of nitrogens with one attached hydrogen (secondary N) is 1. The first-order chi connectivity index (χ1) is 6.75. The van der Waals surface area contributed by atoms with Crippen LogP contribution in [0.3, 0.4) is 0 Å². The highest BCUT2D eigenvalue weighted by Crippen LogP contribution is 2.35. The van der Waals surface area contributed by atoms with Crippen molar-refractivity contribution in [2.45, 2.75) is 38.0 Å². The van der Waals surface area contributed by atoms with Crippen molar-refractivity contribution in [3.63, 3.8) is 0 Å². The highest BCUT2D eigenvalue weighted by atomic mass is 16.4. The monoisotopic (exact) mass is 194 g/mol. The Balaban J connectivity index is 1.92. The molecule has 0 radical (unpaired) electrons. The third-order valence-electron chi connectivity index (χ3n) is 2.77. The summed E-state index contributed by atoms with van der Waals surface area (Å²) >= 11 is 0. The molecular weight excluding hydrogens is 180 g/mol. The maximum Gasteiger partial charge on any atom is 0.303 e. The Labute approximate surface area is 82.4 Å². The maximum absolute atomic E-state index is 10.3. The summed E-state index contributed by atoms with van der Waals surface area (Å²) in [5.74, 6) is 0.668. The van der Waals surface area contributed by atoms with E-state index in [1.165, 1.54) is 25.0 Å². The number of H-pyrrole nitrogens is 1. The van der Waals surface area contributed by atoms with Gasteiger partial charge in [-0.15, -0.1) is 0 Å². The van der Waals surface area contributed by atoms with E-state index in [1.807, 2.05) is 6.20 Å². The van der Waals surface area contributed by atoms with Gasteiger partial charge in [0.15, 0.2) is 0 Å². The number of carbonyl (C=O) groups is 1. The second kappa shape index (κ2) is 3.82. The molecule has 1 aliphatic carbocycles. The highest BCUT2D eigenvalue weighted by molar-refractivity contribution is 5.66. The minimum atomic E-state index is -0.772. The molecule has 76 valence electrons. The minimum Gasteiger partial charge on any atom is -0.481 e. The Bertz CT molecular complexity index is 329. The first-order valence-corrected chi connectivity index (χ1v) is 5.01. The fourth-order valence-electron chi connectivity index (χ4n) is 1.66. The molecule has 1 aliphatic rings. The van der Waals surface area contributed by atoms with Gasteiger partial charge in [0.05, 0.1) is 6.42 Å². The van der Waals surface area contributed by atoms with Crippen molar-refractivity contribution < 1.29 is 9.90 Å². The van der Waals surface area contributed by atoms with E-state index < -0.39 is 5.97 Å². The van der Waals surface area contributed by atoms with Crippen LogP contribution in [0, 0.1) is 0 Å². The zero-order valence-corrected chi connectivity index (χ0v) is 7.99. The second-order valence-electron chi connectivity index (χ2n) is 3.81. The van der Waals surface area contributed by atoms with E-state index >= 15 is 0 Å². The molecule has 0 saturated heterocycles. The van der Waals surface area contributed by atoms with Crippen molar-refractivity contribution in [2.75, 3.05) is 0 Å². The van der Waals surface area contributed by atoms with Crippen LogP contribution in [0.2, 0.25) is 0 Å². The Morgan fingerprint density at radius 1 is 1.64 bits per heavy atom. The summed E-state index contributed by atoms with van der Waals surface area (Å²) in [6.45, 7) is 0. The molecule has 14 heavy (non-hydrogen) atoms. The van der Waals surface area contributed by atoms with Crippen molar-refractivity contribution in [2.24, 2.45) is 0 Å². The molecule has 1 aromatic rings. The number of nitrogens with zero attached hydrogens (tertiary/aromatic N) is 1. The number of imidazole rings is 1. The topological polar surface area (TPSA) is 66.0 Å². The lowest BCUT2D eigenvalue weighted by Crippen LogP contribution is -2.09. The highest BCUT2D eigenvalue weighted by Gasteiger charge is 2.21. The van der Waals surface area contributed by atoms with Crippen molar-refractivity contribution in [3.05, 3.63) is 17.7 Å². The molecule has 1 fully saturated rings.